The van der Waals surface area contributed by atoms with Crippen LogP contribution in [0.5, 0.6) is 5.75 Å². The molecule has 0 radical (unpaired) electrons. The van der Waals surface area contributed by atoms with Gasteiger partial charge in [0.1, 0.15) is 11.8 Å². The Kier molecular flexibility index (Phi) is 7.44. The third kappa shape index (κ3) is 5.21. The molecule has 9 heteroatoms. The highest BCUT2D eigenvalue weighted by atomic mass is 35.5. The first kappa shape index (κ1) is 24.1. The minimum absolute atomic E-state index is 0.132. The molecule has 1 saturated heterocycles. The first-order valence-corrected chi connectivity index (χ1v) is 11.9. The van der Waals surface area contributed by atoms with E-state index in [-0.39, 0.29) is 11.5 Å². The molecule has 1 unspecified atom stereocenters. The zero-order chi connectivity index (χ0) is 24.2. The second-order valence-electron chi connectivity index (χ2n) is 8.05. The van der Waals surface area contributed by atoms with Crippen molar-refractivity contribution in [2.75, 3.05) is 37.7 Å². The lowest BCUT2D eigenvalue weighted by Crippen LogP contribution is -2.51. The topological polar surface area (TPSA) is 67.7 Å². The van der Waals surface area contributed by atoms with Crippen molar-refractivity contribution in [3.05, 3.63) is 75.0 Å². The molecule has 0 aliphatic carbocycles. The average molecular weight is 501 g/mol. The molecule has 0 saturated carbocycles. The molecular weight excluding hydrogens is 475 g/mol. The number of ether oxygens (including phenoxy) is 1. The largest absolute Gasteiger partial charge is 0.494 e. The van der Waals surface area contributed by atoms with E-state index in [0.717, 1.165) is 17.0 Å². The Morgan fingerprint density at radius 2 is 1.71 bits per heavy atom. The molecule has 1 aliphatic rings. The number of halogens is 2. The molecular formula is C25H26Cl2N4O3. The fourth-order valence-corrected chi connectivity index (χ4v) is 4.27. The van der Waals surface area contributed by atoms with Crippen LogP contribution in [0.4, 0.5) is 5.69 Å². The summed E-state index contributed by atoms with van der Waals surface area (Å²) in [5.41, 5.74) is 2.11. The van der Waals surface area contributed by atoms with E-state index in [4.69, 9.17) is 27.9 Å². The predicted octanol–water partition coefficient (Wildman–Crippen LogP) is 4.53. The molecule has 1 aliphatic heterocycles. The van der Waals surface area contributed by atoms with E-state index in [9.17, 15) is 9.59 Å². The van der Waals surface area contributed by atoms with Crippen LogP contribution in [0.15, 0.2) is 59.4 Å². The van der Waals surface area contributed by atoms with Gasteiger partial charge in [0.05, 0.1) is 22.3 Å². The average Bonchev–Trinajstić information content (AvgIpc) is 2.86. The summed E-state index contributed by atoms with van der Waals surface area (Å²) in [6.45, 7) is 6.62. The van der Waals surface area contributed by atoms with Gasteiger partial charge >= 0.3 is 0 Å². The van der Waals surface area contributed by atoms with Crippen LogP contribution >= 0.6 is 23.2 Å². The molecule has 1 aromatic heterocycles. The third-order valence-corrected chi connectivity index (χ3v) is 6.61. The van der Waals surface area contributed by atoms with Crippen molar-refractivity contribution in [3.8, 4) is 17.0 Å². The number of aromatic nitrogens is 2. The summed E-state index contributed by atoms with van der Waals surface area (Å²) in [4.78, 5) is 29.7. The molecule has 178 valence electrons. The SMILES string of the molecule is CCOc1ccc(-c2ccc(=O)n(C(C)C(=O)N3CCN(c4ccc(Cl)c(Cl)c4)CC3)n2)cc1. The van der Waals surface area contributed by atoms with Crippen LogP contribution in [-0.2, 0) is 4.79 Å². The maximum absolute atomic E-state index is 13.2. The molecule has 0 spiro atoms. The Morgan fingerprint density at radius 1 is 1.00 bits per heavy atom. The standard InChI is InChI=1S/C25H26Cl2N4O3/c1-3-34-20-7-4-18(5-8-20)23-10-11-24(32)31(28-23)17(2)25(33)30-14-12-29(13-15-30)19-6-9-21(26)22(27)16-19/h4-11,16-17H,3,12-15H2,1-2H3. The zero-order valence-electron chi connectivity index (χ0n) is 19.1. The summed E-state index contributed by atoms with van der Waals surface area (Å²) in [5.74, 6) is 0.635. The summed E-state index contributed by atoms with van der Waals surface area (Å²) in [7, 11) is 0. The fourth-order valence-electron chi connectivity index (χ4n) is 3.98. The highest BCUT2D eigenvalue weighted by molar-refractivity contribution is 6.42. The first-order valence-electron chi connectivity index (χ1n) is 11.2. The molecule has 0 bridgehead atoms. The Morgan fingerprint density at radius 3 is 2.35 bits per heavy atom. The van der Waals surface area contributed by atoms with Gasteiger partial charge in [-0.05, 0) is 62.4 Å². The van der Waals surface area contributed by atoms with Gasteiger partial charge in [-0.2, -0.15) is 5.10 Å². The first-order chi connectivity index (χ1) is 16.4. The number of nitrogens with zero attached hydrogens (tertiary/aromatic N) is 4. The fraction of sp³-hybridized carbons (Fsp3) is 0.320. The molecule has 1 atom stereocenters. The Labute approximate surface area is 208 Å². The van der Waals surface area contributed by atoms with E-state index in [1.54, 1.807) is 24.0 Å². The van der Waals surface area contributed by atoms with Gasteiger partial charge in [-0.25, -0.2) is 4.68 Å². The van der Waals surface area contributed by atoms with Crippen LogP contribution < -0.4 is 15.2 Å². The van der Waals surface area contributed by atoms with Crippen molar-refractivity contribution in [1.29, 1.82) is 0 Å². The Hall–Kier alpha value is -3.03. The monoisotopic (exact) mass is 500 g/mol. The number of carbonyl (C=O) groups excluding carboxylic acids is 1. The summed E-state index contributed by atoms with van der Waals surface area (Å²) in [6.07, 6.45) is 0. The van der Waals surface area contributed by atoms with E-state index < -0.39 is 6.04 Å². The smallest absolute Gasteiger partial charge is 0.267 e. The van der Waals surface area contributed by atoms with Crippen LogP contribution in [0.25, 0.3) is 11.3 Å². The predicted molar refractivity (Wildman–Crippen MR) is 135 cm³/mol. The molecule has 2 heterocycles. The summed E-state index contributed by atoms with van der Waals surface area (Å²) in [5, 5.41) is 5.51. The van der Waals surface area contributed by atoms with Gasteiger partial charge in [0.15, 0.2) is 0 Å². The number of benzene rings is 2. The van der Waals surface area contributed by atoms with Gasteiger partial charge < -0.3 is 14.5 Å². The summed E-state index contributed by atoms with van der Waals surface area (Å²) >= 11 is 12.2. The van der Waals surface area contributed by atoms with Crippen molar-refractivity contribution in [2.24, 2.45) is 0 Å². The number of piperazine rings is 1. The number of rotatable bonds is 6. The van der Waals surface area contributed by atoms with E-state index >= 15 is 0 Å². The van der Waals surface area contributed by atoms with Gasteiger partial charge in [-0.3, -0.25) is 9.59 Å². The lowest BCUT2D eigenvalue weighted by molar-refractivity contribution is -0.135. The minimum Gasteiger partial charge on any atom is -0.494 e. The van der Waals surface area contributed by atoms with Crippen molar-refractivity contribution in [2.45, 2.75) is 19.9 Å². The quantitative estimate of drug-likeness (QED) is 0.497. The lowest BCUT2D eigenvalue weighted by Gasteiger charge is -2.37. The molecule has 2 aromatic carbocycles. The Bertz CT molecular complexity index is 1220. The number of amides is 1. The molecule has 1 fully saturated rings. The summed E-state index contributed by atoms with van der Waals surface area (Å²) in [6, 6.07) is 15.4. The van der Waals surface area contributed by atoms with E-state index in [2.05, 4.69) is 10.00 Å². The lowest BCUT2D eigenvalue weighted by atomic mass is 10.1. The van der Waals surface area contributed by atoms with E-state index in [0.29, 0.717) is 48.5 Å². The normalized spacial score (nSPS) is 14.7. The van der Waals surface area contributed by atoms with E-state index in [1.165, 1.54) is 10.7 Å². The maximum Gasteiger partial charge on any atom is 0.267 e. The van der Waals surface area contributed by atoms with Crippen molar-refractivity contribution >= 4 is 34.8 Å². The van der Waals surface area contributed by atoms with Crippen LogP contribution in [0.1, 0.15) is 19.9 Å². The maximum atomic E-state index is 13.2. The van der Waals surface area contributed by atoms with Crippen LogP contribution in [0, 0.1) is 0 Å². The van der Waals surface area contributed by atoms with Gasteiger partial charge in [0.2, 0.25) is 5.91 Å². The van der Waals surface area contributed by atoms with Crippen molar-refractivity contribution < 1.29 is 9.53 Å². The van der Waals surface area contributed by atoms with Crippen LogP contribution in [-0.4, -0.2) is 53.4 Å². The highest BCUT2D eigenvalue weighted by Gasteiger charge is 2.27. The molecule has 3 aromatic rings. The third-order valence-electron chi connectivity index (χ3n) is 5.87. The molecule has 7 nitrogen and oxygen atoms in total. The highest BCUT2D eigenvalue weighted by Crippen LogP contribution is 2.28. The zero-order valence-corrected chi connectivity index (χ0v) is 20.6. The molecule has 4 rings (SSSR count). The van der Waals surface area contributed by atoms with Crippen LogP contribution in [0.2, 0.25) is 10.0 Å². The van der Waals surface area contributed by atoms with Gasteiger partial charge in [-0.15, -0.1) is 0 Å². The number of anilines is 1. The van der Waals surface area contributed by atoms with Gasteiger partial charge in [0, 0.05) is 43.5 Å². The van der Waals surface area contributed by atoms with Crippen LogP contribution in [0.3, 0.4) is 0 Å². The second kappa shape index (κ2) is 10.5. The molecule has 0 N–H and O–H groups in total. The van der Waals surface area contributed by atoms with Crippen molar-refractivity contribution in [1.82, 2.24) is 14.7 Å². The molecule has 34 heavy (non-hydrogen) atoms. The minimum atomic E-state index is -0.716. The molecule has 1 amide bonds. The van der Waals surface area contributed by atoms with Crippen molar-refractivity contribution in [3.63, 3.8) is 0 Å². The second-order valence-corrected chi connectivity index (χ2v) is 8.86. The Balaban J connectivity index is 1.45. The summed E-state index contributed by atoms with van der Waals surface area (Å²) < 4.78 is 6.74. The van der Waals surface area contributed by atoms with Gasteiger partial charge in [-0.1, -0.05) is 23.2 Å². The van der Waals surface area contributed by atoms with E-state index in [1.807, 2.05) is 43.3 Å². The number of hydrogen-bond donors (Lipinski definition) is 0. The number of hydrogen-bond acceptors (Lipinski definition) is 5. The number of carbonyl (C=O) groups is 1. The van der Waals surface area contributed by atoms with Gasteiger partial charge in [0.25, 0.3) is 5.56 Å².